The summed E-state index contributed by atoms with van der Waals surface area (Å²) in [6.07, 6.45) is 5.99. The van der Waals surface area contributed by atoms with E-state index < -0.39 is 29.2 Å². The lowest BCUT2D eigenvalue weighted by Crippen LogP contribution is -2.52. The van der Waals surface area contributed by atoms with Crippen molar-refractivity contribution in [2.24, 2.45) is 34.3 Å². The first-order valence-corrected chi connectivity index (χ1v) is 9.67. The number of rotatable bonds is 8. The van der Waals surface area contributed by atoms with Gasteiger partial charge in [-0.05, 0) is 49.5 Å². The second kappa shape index (κ2) is 5.53. The van der Waals surface area contributed by atoms with E-state index in [4.69, 9.17) is 5.73 Å². The predicted octanol–water partition coefficient (Wildman–Crippen LogP) is 0.740. The quantitative estimate of drug-likeness (QED) is 0.564. The molecule has 0 aromatic carbocycles. The average molecular weight is 347 g/mol. The molecule has 6 nitrogen and oxygen atoms in total. The molecule has 1 saturated heterocycles. The van der Waals surface area contributed by atoms with Crippen molar-refractivity contribution in [3.63, 3.8) is 0 Å². The van der Waals surface area contributed by atoms with Gasteiger partial charge in [-0.3, -0.25) is 14.4 Å². The van der Waals surface area contributed by atoms with Crippen LogP contribution in [0.4, 0.5) is 0 Å². The molecule has 2 amide bonds. The first-order chi connectivity index (χ1) is 11.8. The average Bonchev–Trinajstić information content (AvgIpc) is 3.47. The Hall–Kier alpha value is -1.43. The molecule has 1 heterocycles. The minimum Gasteiger partial charge on any atom is -0.368 e. The van der Waals surface area contributed by atoms with Crippen molar-refractivity contribution in [2.45, 2.75) is 64.5 Å². The maximum Gasteiger partial charge on any atom is 0.287 e. The minimum atomic E-state index is -0.519. The van der Waals surface area contributed by atoms with Gasteiger partial charge in [0.15, 0.2) is 0 Å². The Bertz CT molecular complexity index is 623. The summed E-state index contributed by atoms with van der Waals surface area (Å²) in [6.45, 7) is 4.92. The fourth-order valence-electron chi connectivity index (χ4n) is 5.61. The van der Waals surface area contributed by atoms with Gasteiger partial charge in [-0.1, -0.05) is 26.7 Å². The Kier molecular flexibility index (Phi) is 3.76. The van der Waals surface area contributed by atoms with E-state index in [1.807, 2.05) is 0 Å². The molecule has 4 N–H and O–H groups in total. The van der Waals surface area contributed by atoms with Gasteiger partial charge in [-0.15, -0.1) is 0 Å². The molecule has 4 rings (SSSR count). The van der Waals surface area contributed by atoms with Gasteiger partial charge in [0.25, 0.3) is 5.91 Å². The number of primary amides is 1. The Labute approximate surface area is 148 Å². The molecule has 3 saturated carbocycles. The van der Waals surface area contributed by atoms with Crippen LogP contribution < -0.4 is 16.4 Å². The van der Waals surface area contributed by atoms with E-state index in [2.05, 4.69) is 24.5 Å². The zero-order valence-electron chi connectivity index (χ0n) is 15.1. The Morgan fingerprint density at radius 2 is 1.88 bits per heavy atom. The lowest BCUT2D eigenvalue weighted by molar-refractivity contribution is -0.143. The third kappa shape index (κ3) is 2.52. The molecule has 3 aliphatic carbocycles. The summed E-state index contributed by atoms with van der Waals surface area (Å²) in [5, 5.41) is 6.07. The van der Waals surface area contributed by atoms with Crippen molar-refractivity contribution in [3.05, 3.63) is 0 Å². The number of fused-ring (bicyclic) bond motifs is 1. The molecule has 4 aliphatic rings. The van der Waals surface area contributed by atoms with Gasteiger partial charge < -0.3 is 16.4 Å². The van der Waals surface area contributed by atoms with Crippen LogP contribution in [0.3, 0.4) is 0 Å². The molecule has 6 heteroatoms. The van der Waals surface area contributed by atoms with Gasteiger partial charge in [0.05, 0.1) is 6.04 Å². The molecule has 4 fully saturated rings. The summed E-state index contributed by atoms with van der Waals surface area (Å²) in [6, 6.07) is -0.357. The first-order valence-electron chi connectivity index (χ1n) is 9.67. The highest BCUT2D eigenvalue weighted by Crippen LogP contribution is 2.77. The van der Waals surface area contributed by atoms with Crippen LogP contribution in [-0.4, -0.2) is 36.2 Å². The molecule has 0 aromatic heterocycles. The molecule has 0 spiro atoms. The van der Waals surface area contributed by atoms with E-state index in [1.165, 1.54) is 12.8 Å². The number of hydrogen-bond donors (Lipinski definition) is 3. The molecular weight excluding hydrogens is 318 g/mol. The number of hydrogen-bond acceptors (Lipinski definition) is 4. The number of piperidine rings is 1. The summed E-state index contributed by atoms with van der Waals surface area (Å²) < 4.78 is 0. The fraction of sp³-hybridized carbons (Fsp3) is 0.842. The van der Waals surface area contributed by atoms with Crippen LogP contribution in [0.5, 0.6) is 0 Å². The van der Waals surface area contributed by atoms with Crippen LogP contribution in [0, 0.1) is 28.6 Å². The number of Topliss-reactive ketones (excluding diaryl/α,β-unsaturated/α-hetero) is 1. The van der Waals surface area contributed by atoms with Crippen molar-refractivity contribution in [1.82, 2.24) is 10.6 Å². The second-order valence-corrected chi connectivity index (χ2v) is 9.14. The van der Waals surface area contributed by atoms with Gasteiger partial charge in [0, 0.05) is 17.4 Å². The highest BCUT2D eigenvalue weighted by atomic mass is 16.2. The summed E-state index contributed by atoms with van der Waals surface area (Å²) in [5.41, 5.74) is 5.02. The zero-order valence-corrected chi connectivity index (χ0v) is 15.1. The lowest BCUT2D eigenvalue weighted by atomic mass is 9.72. The lowest BCUT2D eigenvalue weighted by Gasteiger charge is -2.33. The molecule has 138 valence electrons. The van der Waals surface area contributed by atoms with Crippen molar-refractivity contribution in [1.29, 1.82) is 0 Å². The van der Waals surface area contributed by atoms with Crippen molar-refractivity contribution in [2.75, 3.05) is 6.54 Å². The predicted molar refractivity (Wildman–Crippen MR) is 92.3 cm³/mol. The van der Waals surface area contributed by atoms with Crippen LogP contribution >= 0.6 is 0 Å². The summed E-state index contributed by atoms with van der Waals surface area (Å²) >= 11 is 0. The van der Waals surface area contributed by atoms with Gasteiger partial charge in [0.2, 0.25) is 11.7 Å². The third-order valence-corrected chi connectivity index (χ3v) is 7.36. The second-order valence-electron chi connectivity index (χ2n) is 9.14. The van der Waals surface area contributed by atoms with E-state index in [-0.39, 0.29) is 23.2 Å². The number of nitrogens with two attached hydrogens (primary N) is 1. The Morgan fingerprint density at radius 3 is 2.40 bits per heavy atom. The normalized spacial score (nSPS) is 36.4. The monoisotopic (exact) mass is 347 g/mol. The van der Waals surface area contributed by atoms with E-state index in [9.17, 15) is 14.4 Å². The van der Waals surface area contributed by atoms with Crippen LogP contribution in [0.2, 0.25) is 0 Å². The Balaban J connectivity index is 1.62. The number of carbonyl (C=O) groups is 3. The maximum absolute atomic E-state index is 13.1. The van der Waals surface area contributed by atoms with E-state index in [0.717, 1.165) is 19.3 Å². The largest absolute Gasteiger partial charge is 0.368 e. The van der Waals surface area contributed by atoms with Crippen LogP contribution in [0.25, 0.3) is 0 Å². The maximum atomic E-state index is 13.1. The minimum absolute atomic E-state index is 0.151. The van der Waals surface area contributed by atoms with E-state index in [1.54, 1.807) is 0 Å². The molecule has 0 aromatic rings. The molecule has 0 radical (unpaired) electrons. The van der Waals surface area contributed by atoms with Gasteiger partial charge in [0.1, 0.15) is 0 Å². The molecule has 25 heavy (non-hydrogen) atoms. The van der Waals surface area contributed by atoms with E-state index >= 15 is 0 Å². The number of nitrogens with one attached hydrogen (secondary N) is 2. The highest BCUT2D eigenvalue weighted by Gasteiger charge is 2.81. The van der Waals surface area contributed by atoms with E-state index in [0.29, 0.717) is 18.9 Å². The number of ketones is 1. The van der Waals surface area contributed by atoms with Crippen LogP contribution in [0.1, 0.15) is 52.4 Å². The molecule has 1 aliphatic heterocycles. The molecule has 3 unspecified atom stereocenters. The SMILES string of the molecule is CC1(C)C2CNC(C(N)=O)C21[C@@H](CCC1CC1)C(=O)C(=O)NC1CC1. The standard InChI is InChI=1S/C19H29N3O3/c1-18(2)13-9-21-15(16(20)24)19(13,18)12(8-5-10-3-4-10)14(23)17(25)22-11-6-7-11/h10-13,15,21H,3-9H2,1-2H3,(H2,20,24)(H,22,25)/t12-,13?,15?,19?/m0/s1. The Morgan fingerprint density at radius 1 is 1.20 bits per heavy atom. The summed E-state index contributed by atoms with van der Waals surface area (Å²) in [7, 11) is 0. The van der Waals surface area contributed by atoms with Gasteiger partial charge in [-0.25, -0.2) is 0 Å². The van der Waals surface area contributed by atoms with Crippen LogP contribution in [-0.2, 0) is 14.4 Å². The molecular formula is C19H29N3O3. The van der Waals surface area contributed by atoms with Crippen molar-refractivity contribution >= 4 is 17.6 Å². The highest BCUT2D eigenvalue weighted by molar-refractivity contribution is 6.37. The molecule has 4 atom stereocenters. The van der Waals surface area contributed by atoms with Gasteiger partial charge >= 0.3 is 0 Å². The van der Waals surface area contributed by atoms with Crippen molar-refractivity contribution in [3.8, 4) is 0 Å². The van der Waals surface area contributed by atoms with Crippen LogP contribution in [0.15, 0.2) is 0 Å². The topological polar surface area (TPSA) is 101 Å². The third-order valence-electron chi connectivity index (χ3n) is 7.36. The fourth-order valence-corrected chi connectivity index (χ4v) is 5.61. The van der Waals surface area contributed by atoms with Gasteiger partial charge in [-0.2, -0.15) is 0 Å². The van der Waals surface area contributed by atoms with Crippen molar-refractivity contribution < 1.29 is 14.4 Å². The summed E-state index contributed by atoms with van der Waals surface area (Å²) in [4.78, 5) is 37.7. The summed E-state index contributed by atoms with van der Waals surface area (Å²) in [5.74, 6) is -0.717. The number of carbonyl (C=O) groups excluding carboxylic acids is 3. The number of amides is 2. The smallest absolute Gasteiger partial charge is 0.287 e. The zero-order chi connectivity index (χ0) is 18.0. The molecule has 0 bridgehead atoms. The first kappa shape index (κ1) is 17.0.